The standard InChI is InChI=1S/C23H27F3N2O2S.C2H2O4/c24-23(25,26)18-4-1-5-19(14-18)28-10-8-27(9-11-28)15-20(29)16-30-21-6-7-22-17(13-21)3-2-12-31-22;3-1(4)2(5)6/h1,4-7,13-14,20,29H,2-3,8-12,15-16H2;(H,3,4)(H,5,6)/p-2. The number of carboxylic acid groups (broad SMARTS) is 2. The Morgan fingerprint density at radius 1 is 1.05 bits per heavy atom. The zero-order chi connectivity index (χ0) is 27.0. The first-order chi connectivity index (χ1) is 17.5. The van der Waals surface area contributed by atoms with E-state index >= 15 is 0 Å². The largest absolute Gasteiger partial charge is 0.543 e. The maximum Gasteiger partial charge on any atom is 0.416 e. The van der Waals surface area contributed by atoms with Crippen LogP contribution >= 0.6 is 11.8 Å². The van der Waals surface area contributed by atoms with Crippen molar-refractivity contribution in [1.29, 1.82) is 0 Å². The van der Waals surface area contributed by atoms with Crippen molar-refractivity contribution in [3.8, 4) is 5.75 Å². The molecule has 8 nitrogen and oxygen atoms in total. The van der Waals surface area contributed by atoms with Crippen molar-refractivity contribution in [3.05, 3.63) is 53.6 Å². The molecule has 1 unspecified atom stereocenters. The summed E-state index contributed by atoms with van der Waals surface area (Å²) in [6, 6.07) is 11.6. The van der Waals surface area contributed by atoms with Gasteiger partial charge in [0.25, 0.3) is 0 Å². The van der Waals surface area contributed by atoms with Gasteiger partial charge >= 0.3 is 6.18 Å². The summed E-state index contributed by atoms with van der Waals surface area (Å²) < 4.78 is 44.7. The summed E-state index contributed by atoms with van der Waals surface area (Å²) >= 11 is 1.87. The van der Waals surface area contributed by atoms with Crippen molar-refractivity contribution in [2.24, 2.45) is 0 Å². The predicted molar refractivity (Wildman–Crippen MR) is 127 cm³/mol. The van der Waals surface area contributed by atoms with Crippen LogP contribution in [0.4, 0.5) is 18.9 Å². The highest BCUT2D eigenvalue weighted by Gasteiger charge is 2.31. The number of thioether (sulfide) groups is 1. The van der Waals surface area contributed by atoms with E-state index < -0.39 is 29.8 Å². The monoisotopic (exact) mass is 540 g/mol. The molecule has 1 saturated heterocycles. The van der Waals surface area contributed by atoms with Crippen LogP contribution in [0.25, 0.3) is 0 Å². The molecular formula is C25H27F3N2O6S-2. The number of aryl methyl sites for hydroxylation is 1. The van der Waals surface area contributed by atoms with Crippen molar-refractivity contribution in [2.75, 3.05) is 50.0 Å². The normalized spacial score (nSPS) is 16.7. The molecule has 0 radical (unpaired) electrons. The van der Waals surface area contributed by atoms with E-state index in [4.69, 9.17) is 24.5 Å². The third-order valence-electron chi connectivity index (χ3n) is 5.87. The van der Waals surface area contributed by atoms with E-state index in [2.05, 4.69) is 17.0 Å². The Balaban J connectivity index is 0.000000568. The Bertz CT molecular complexity index is 1060. The molecule has 1 N–H and O–H groups in total. The molecule has 37 heavy (non-hydrogen) atoms. The first kappa shape index (κ1) is 28.6. The number of anilines is 1. The van der Waals surface area contributed by atoms with Crippen molar-refractivity contribution in [2.45, 2.75) is 30.0 Å². The van der Waals surface area contributed by atoms with Crippen LogP contribution in [0.3, 0.4) is 0 Å². The number of ether oxygens (including phenoxy) is 1. The van der Waals surface area contributed by atoms with Crippen LogP contribution < -0.4 is 19.8 Å². The second-order valence-electron chi connectivity index (χ2n) is 8.60. The molecule has 4 rings (SSSR count). The number of carbonyl (C=O) groups excluding carboxylic acids is 2. The van der Waals surface area contributed by atoms with Crippen molar-refractivity contribution in [1.82, 2.24) is 4.90 Å². The minimum atomic E-state index is -4.33. The zero-order valence-electron chi connectivity index (χ0n) is 19.9. The average molecular weight is 541 g/mol. The molecule has 0 aromatic heterocycles. The van der Waals surface area contributed by atoms with E-state index in [1.54, 1.807) is 6.07 Å². The number of rotatable bonds is 6. The van der Waals surface area contributed by atoms with Gasteiger partial charge in [0.05, 0.1) is 17.5 Å². The Morgan fingerprint density at radius 2 is 1.76 bits per heavy atom. The van der Waals surface area contributed by atoms with Gasteiger partial charge in [-0.05, 0) is 60.6 Å². The van der Waals surface area contributed by atoms with Gasteiger partial charge in [0, 0.05) is 43.3 Å². The summed E-state index contributed by atoms with van der Waals surface area (Å²) in [4.78, 5) is 23.3. The summed E-state index contributed by atoms with van der Waals surface area (Å²) in [5.41, 5.74) is 1.28. The zero-order valence-corrected chi connectivity index (χ0v) is 20.7. The fraction of sp³-hybridized carbons (Fsp3) is 0.440. The van der Waals surface area contributed by atoms with Gasteiger partial charge in [-0.1, -0.05) is 6.07 Å². The number of piperazine rings is 1. The Morgan fingerprint density at radius 3 is 2.41 bits per heavy atom. The summed E-state index contributed by atoms with van der Waals surface area (Å²) in [5, 5.41) is 28.3. The number of fused-ring (bicyclic) bond motifs is 1. The van der Waals surface area contributed by atoms with Crippen LogP contribution in [0.15, 0.2) is 47.4 Å². The molecule has 12 heteroatoms. The lowest BCUT2D eigenvalue weighted by molar-refractivity contribution is -0.345. The van der Waals surface area contributed by atoms with Crippen LogP contribution in [0.2, 0.25) is 0 Å². The van der Waals surface area contributed by atoms with E-state index in [-0.39, 0.29) is 6.61 Å². The molecule has 0 spiro atoms. The highest BCUT2D eigenvalue weighted by molar-refractivity contribution is 7.99. The molecule has 0 saturated carbocycles. The molecule has 2 aliphatic rings. The van der Waals surface area contributed by atoms with E-state index in [9.17, 15) is 18.3 Å². The third kappa shape index (κ3) is 8.83. The fourth-order valence-corrected chi connectivity index (χ4v) is 5.06. The van der Waals surface area contributed by atoms with Crippen LogP contribution in [0.5, 0.6) is 5.75 Å². The van der Waals surface area contributed by atoms with Gasteiger partial charge in [0.15, 0.2) is 0 Å². The predicted octanol–water partition coefficient (Wildman–Crippen LogP) is 0.792. The number of aliphatic hydroxyl groups is 1. The Hall–Kier alpha value is -2.96. The maximum atomic E-state index is 13.0. The summed E-state index contributed by atoms with van der Waals surface area (Å²) in [6.45, 7) is 3.32. The van der Waals surface area contributed by atoms with Crippen LogP contribution in [-0.2, 0) is 22.2 Å². The second-order valence-corrected chi connectivity index (χ2v) is 9.73. The number of carboxylic acids is 2. The molecule has 0 bridgehead atoms. The van der Waals surface area contributed by atoms with Crippen molar-refractivity contribution < 1.29 is 42.8 Å². The van der Waals surface area contributed by atoms with Gasteiger partial charge in [-0.2, -0.15) is 13.2 Å². The lowest BCUT2D eigenvalue weighted by Gasteiger charge is -2.37. The minimum absolute atomic E-state index is 0.222. The first-order valence-corrected chi connectivity index (χ1v) is 12.6. The molecule has 202 valence electrons. The van der Waals surface area contributed by atoms with Crippen LogP contribution in [0.1, 0.15) is 17.5 Å². The van der Waals surface area contributed by atoms with Gasteiger partial charge < -0.3 is 34.5 Å². The smallest absolute Gasteiger partial charge is 0.416 e. The molecule has 1 fully saturated rings. The highest BCUT2D eigenvalue weighted by atomic mass is 32.2. The SMILES string of the molecule is O=C([O-])C(=O)[O-].OC(COc1ccc2c(c1)CCCS2)CN1CCN(c2cccc(C(F)(F)F)c2)CC1. The molecule has 0 amide bonds. The topological polar surface area (TPSA) is 116 Å². The van der Waals surface area contributed by atoms with Crippen LogP contribution in [0, 0.1) is 0 Å². The molecule has 1 atom stereocenters. The van der Waals surface area contributed by atoms with Gasteiger partial charge in [0.1, 0.15) is 18.5 Å². The Kier molecular flexibility index (Phi) is 10.1. The number of hydrogen-bond donors (Lipinski definition) is 1. The molecule has 2 aliphatic heterocycles. The van der Waals surface area contributed by atoms with Gasteiger partial charge in [-0.15, -0.1) is 11.8 Å². The molecule has 0 aliphatic carbocycles. The number of halogens is 3. The molecule has 2 aromatic carbocycles. The number of β-amino-alcohol motifs (C(OH)–C–C–N with tert-alkyl or cyclic N) is 1. The first-order valence-electron chi connectivity index (χ1n) is 11.7. The molecule has 2 heterocycles. The van der Waals surface area contributed by atoms with Crippen molar-refractivity contribution in [3.63, 3.8) is 0 Å². The second kappa shape index (κ2) is 13.0. The summed E-state index contributed by atoms with van der Waals surface area (Å²) in [5.74, 6) is -2.42. The summed E-state index contributed by atoms with van der Waals surface area (Å²) in [7, 11) is 0. The van der Waals surface area contributed by atoms with Crippen molar-refractivity contribution >= 4 is 29.4 Å². The molecule has 2 aromatic rings. The number of aliphatic carboxylic acids is 2. The fourth-order valence-electron chi connectivity index (χ4n) is 4.04. The number of carbonyl (C=O) groups is 2. The third-order valence-corrected chi connectivity index (χ3v) is 7.07. The number of aliphatic hydroxyl groups excluding tert-OH is 1. The van der Waals surface area contributed by atoms with E-state index in [1.165, 1.54) is 29.0 Å². The van der Waals surface area contributed by atoms with Gasteiger partial charge in [-0.25, -0.2) is 0 Å². The summed E-state index contributed by atoms with van der Waals surface area (Å²) in [6.07, 6.45) is -2.71. The lowest BCUT2D eigenvalue weighted by atomic mass is 10.1. The lowest BCUT2D eigenvalue weighted by Crippen LogP contribution is -2.49. The highest BCUT2D eigenvalue weighted by Crippen LogP contribution is 2.33. The van der Waals surface area contributed by atoms with Gasteiger partial charge in [-0.3, -0.25) is 4.90 Å². The molecular weight excluding hydrogens is 513 g/mol. The quantitative estimate of drug-likeness (QED) is 0.531. The average Bonchev–Trinajstić information content (AvgIpc) is 2.88. The maximum absolute atomic E-state index is 13.0. The van der Waals surface area contributed by atoms with Crippen LogP contribution in [-0.4, -0.2) is 73.1 Å². The Labute approximate surface area is 216 Å². The minimum Gasteiger partial charge on any atom is -0.543 e. The van der Waals surface area contributed by atoms with E-state index in [0.717, 1.165) is 24.0 Å². The van der Waals surface area contributed by atoms with E-state index in [1.807, 2.05) is 22.7 Å². The number of benzene rings is 2. The number of hydrogen-bond acceptors (Lipinski definition) is 9. The van der Waals surface area contributed by atoms with E-state index in [0.29, 0.717) is 38.4 Å². The van der Waals surface area contributed by atoms with Gasteiger partial charge in [0.2, 0.25) is 0 Å². The number of alkyl halides is 3. The number of nitrogens with zero attached hydrogens (tertiary/aromatic N) is 2.